The molecular formula is C12H20O2. The van der Waals surface area contributed by atoms with Crippen LogP contribution in [0.25, 0.3) is 0 Å². The highest BCUT2D eigenvalue weighted by Gasteiger charge is 2.59. The van der Waals surface area contributed by atoms with Gasteiger partial charge >= 0.3 is 5.97 Å². The number of carboxylic acids is 1. The lowest BCUT2D eigenvalue weighted by atomic mass is 9.69. The second kappa shape index (κ2) is 3.25. The Morgan fingerprint density at radius 3 is 2.21 bits per heavy atom. The van der Waals surface area contributed by atoms with Crippen LogP contribution in [-0.2, 0) is 4.79 Å². The van der Waals surface area contributed by atoms with Gasteiger partial charge in [0.15, 0.2) is 0 Å². The molecule has 80 valence electrons. The lowest BCUT2D eigenvalue weighted by Gasteiger charge is -2.34. The van der Waals surface area contributed by atoms with Crippen molar-refractivity contribution in [1.29, 1.82) is 0 Å². The Bertz CT molecular complexity index is 233. The molecule has 2 unspecified atom stereocenters. The summed E-state index contributed by atoms with van der Waals surface area (Å²) < 4.78 is 0. The summed E-state index contributed by atoms with van der Waals surface area (Å²) in [4.78, 5) is 11.4. The van der Waals surface area contributed by atoms with Crippen molar-refractivity contribution < 1.29 is 9.90 Å². The van der Waals surface area contributed by atoms with E-state index in [4.69, 9.17) is 0 Å². The summed E-state index contributed by atoms with van der Waals surface area (Å²) in [5.41, 5.74) is -0.350. The van der Waals surface area contributed by atoms with Crippen LogP contribution in [0, 0.1) is 23.2 Å². The van der Waals surface area contributed by atoms with Gasteiger partial charge in [0, 0.05) is 0 Å². The number of carboxylic acid groups (broad SMARTS) is 1. The van der Waals surface area contributed by atoms with E-state index < -0.39 is 5.97 Å². The van der Waals surface area contributed by atoms with Gasteiger partial charge in [0.1, 0.15) is 0 Å². The van der Waals surface area contributed by atoms with Crippen LogP contribution >= 0.6 is 0 Å². The quantitative estimate of drug-likeness (QED) is 0.750. The van der Waals surface area contributed by atoms with Crippen LogP contribution in [0.4, 0.5) is 0 Å². The molecule has 0 amide bonds. The fourth-order valence-corrected chi connectivity index (χ4v) is 3.58. The number of carbonyl (C=O) groups is 1. The van der Waals surface area contributed by atoms with Gasteiger partial charge in [0.05, 0.1) is 5.41 Å². The van der Waals surface area contributed by atoms with Crippen LogP contribution in [-0.4, -0.2) is 11.1 Å². The predicted octanol–water partition coefficient (Wildman–Crippen LogP) is 2.92. The van der Waals surface area contributed by atoms with Gasteiger partial charge in [-0.15, -0.1) is 0 Å². The van der Waals surface area contributed by atoms with Gasteiger partial charge in [0.25, 0.3) is 0 Å². The van der Waals surface area contributed by atoms with Crippen molar-refractivity contribution in [2.24, 2.45) is 23.2 Å². The van der Waals surface area contributed by atoms with Crippen LogP contribution in [0.3, 0.4) is 0 Å². The largest absolute Gasteiger partial charge is 0.481 e. The monoisotopic (exact) mass is 196 g/mol. The van der Waals surface area contributed by atoms with Gasteiger partial charge in [-0.25, -0.2) is 0 Å². The average molecular weight is 196 g/mol. The van der Waals surface area contributed by atoms with Crippen LogP contribution in [0.1, 0.15) is 46.0 Å². The minimum atomic E-state index is -0.529. The Morgan fingerprint density at radius 2 is 1.86 bits per heavy atom. The van der Waals surface area contributed by atoms with Gasteiger partial charge in [-0.3, -0.25) is 4.79 Å². The summed E-state index contributed by atoms with van der Waals surface area (Å²) in [6.45, 7) is 4.26. The molecule has 0 aromatic heterocycles. The minimum Gasteiger partial charge on any atom is -0.481 e. The summed E-state index contributed by atoms with van der Waals surface area (Å²) in [5.74, 6) is 1.38. The van der Waals surface area contributed by atoms with Crippen molar-refractivity contribution in [3.05, 3.63) is 0 Å². The zero-order chi connectivity index (χ0) is 10.3. The van der Waals surface area contributed by atoms with Crippen LogP contribution in [0.2, 0.25) is 0 Å². The molecule has 0 radical (unpaired) electrons. The van der Waals surface area contributed by atoms with Gasteiger partial charge in [-0.05, 0) is 37.0 Å². The zero-order valence-corrected chi connectivity index (χ0v) is 9.12. The van der Waals surface area contributed by atoms with Crippen LogP contribution in [0.5, 0.6) is 0 Å². The fourth-order valence-electron chi connectivity index (χ4n) is 3.58. The summed E-state index contributed by atoms with van der Waals surface area (Å²) >= 11 is 0. The number of hydrogen-bond donors (Lipinski definition) is 1. The molecule has 1 N–H and O–H groups in total. The van der Waals surface area contributed by atoms with E-state index >= 15 is 0 Å². The van der Waals surface area contributed by atoms with Crippen LogP contribution < -0.4 is 0 Å². The van der Waals surface area contributed by atoms with Crippen molar-refractivity contribution in [2.75, 3.05) is 0 Å². The first-order valence-electron chi connectivity index (χ1n) is 5.87. The molecule has 0 spiro atoms. The molecule has 0 aromatic rings. The maximum Gasteiger partial charge on any atom is 0.309 e. The van der Waals surface area contributed by atoms with Gasteiger partial charge < -0.3 is 5.11 Å². The molecule has 0 aliphatic heterocycles. The third-order valence-corrected chi connectivity index (χ3v) is 4.51. The van der Waals surface area contributed by atoms with Crippen molar-refractivity contribution in [1.82, 2.24) is 0 Å². The molecule has 2 fully saturated rings. The third-order valence-electron chi connectivity index (χ3n) is 4.51. The van der Waals surface area contributed by atoms with Crippen molar-refractivity contribution in [3.8, 4) is 0 Å². The Labute approximate surface area is 85.7 Å². The van der Waals surface area contributed by atoms with Gasteiger partial charge in [-0.2, -0.15) is 0 Å². The molecule has 2 heteroatoms. The smallest absolute Gasteiger partial charge is 0.309 e. The van der Waals surface area contributed by atoms with E-state index in [1.807, 2.05) is 0 Å². The number of fused-ring (bicyclic) bond motifs is 1. The molecular weight excluding hydrogens is 176 g/mol. The molecule has 0 heterocycles. The second-order valence-electron chi connectivity index (χ2n) is 5.14. The van der Waals surface area contributed by atoms with Crippen LogP contribution in [0.15, 0.2) is 0 Å². The number of aliphatic carboxylic acids is 1. The molecule has 2 atom stereocenters. The molecule has 2 aliphatic rings. The summed E-state index contributed by atoms with van der Waals surface area (Å²) in [6.07, 6.45) is 5.25. The van der Waals surface area contributed by atoms with Crippen molar-refractivity contribution >= 4 is 5.97 Å². The van der Waals surface area contributed by atoms with Crippen molar-refractivity contribution in [3.63, 3.8) is 0 Å². The van der Waals surface area contributed by atoms with E-state index in [0.717, 1.165) is 37.5 Å². The number of hydrogen-bond acceptors (Lipinski definition) is 1. The molecule has 2 saturated carbocycles. The first-order chi connectivity index (χ1) is 6.64. The summed E-state index contributed by atoms with van der Waals surface area (Å²) in [6, 6.07) is 0. The molecule has 0 saturated heterocycles. The van der Waals surface area contributed by atoms with Gasteiger partial charge in [-0.1, -0.05) is 26.7 Å². The highest BCUT2D eigenvalue weighted by atomic mass is 16.4. The lowest BCUT2D eigenvalue weighted by molar-refractivity contribution is -0.153. The minimum absolute atomic E-state index is 0.350. The van der Waals surface area contributed by atoms with E-state index in [1.165, 1.54) is 6.42 Å². The normalized spacial score (nSPS) is 39.9. The highest BCUT2D eigenvalue weighted by Crippen LogP contribution is 2.63. The molecule has 2 rings (SSSR count). The zero-order valence-electron chi connectivity index (χ0n) is 9.12. The molecule has 0 aromatic carbocycles. The van der Waals surface area contributed by atoms with E-state index in [-0.39, 0.29) is 5.41 Å². The summed E-state index contributed by atoms with van der Waals surface area (Å²) in [7, 11) is 0. The highest BCUT2D eigenvalue weighted by molar-refractivity contribution is 5.76. The maximum atomic E-state index is 11.4. The van der Waals surface area contributed by atoms with E-state index in [1.54, 1.807) is 0 Å². The first-order valence-corrected chi connectivity index (χ1v) is 5.87. The second-order valence-corrected chi connectivity index (χ2v) is 5.14. The van der Waals surface area contributed by atoms with Crippen molar-refractivity contribution in [2.45, 2.75) is 46.0 Å². The van der Waals surface area contributed by atoms with Gasteiger partial charge in [0.2, 0.25) is 0 Å². The Balaban J connectivity index is 2.18. The Morgan fingerprint density at radius 1 is 1.36 bits per heavy atom. The van der Waals surface area contributed by atoms with E-state index in [0.29, 0.717) is 5.92 Å². The predicted molar refractivity (Wildman–Crippen MR) is 55.0 cm³/mol. The first kappa shape index (κ1) is 10.0. The standard InChI is InChI=1S/C12H20O2/c1-3-10(4-2)12(11(13)14)6-8-5-9(8)7-12/h8-10H,3-7H2,1-2H3,(H,13,14). The molecule has 14 heavy (non-hydrogen) atoms. The maximum absolute atomic E-state index is 11.4. The molecule has 2 aliphatic carbocycles. The topological polar surface area (TPSA) is 37.3 Å². The van der Waals surface area contributed by atoms with E-state index in [2.05, 4.69) is 13.8 Å². The molecule has 2 nitrogen and oxygen atoms in total. The Hall–Kier alpha value is -0.530. The van der Waals surface area contributed by atoms with E-state index in [9.17, 15) is 9.90 Å². The molecule has 0 bridgehead atoms. The Kier molecular flexibility index (Phi) is 2.32. The summed E-state index contributed by atoms with van der Waals surface area (Å²) in [5, 5.41) is 9.43. The number of rotatable bonds is 4. The lowest BCUT2D eigenvalue weighted by Crippen LogP contribution is -2.37. The SMILES string of the molecule is CCC(CC)C1(C(=O)O)CC2CC2C1. The average Bonchev–Trinajstić information content (AvgIpc) is 2.76. The fraction of sp³-hybridized carbons (Fsp3) is 0.917. The third kappa shape index (κ3) is 1.27.